The number of carbonyl (C=O) groups excluding carboxylic acids is 1. The lowest BCUT2D eigenvalue weighted by molar-refractivity contribution is -0.140. The van der Waals surface area contributed by atoms with Crippen LogP contribution in [0.2, 0.25) is 0 Å². The van der Waals surface area contributed by atoms with Crippen LogP contribution in [0.15, 0.2) is 0 Å². The summed E-state index contributed by atoms with van der Waals surface area (Å²) in [7, 11) is 1.43. The van der Waals surface area contributed by atoms with Gasteiger partial charge in [-0.3, -0.25) is 4.79 Å². The van der Waals surface area contributed by atoms with E-state index in [0.717, 1.165) is 25.0 Å². The number of methoxy groups -OCH3 is 1. The molecule has 0 aromatic carbocycles. The predicted molar refractivity (Wildman–Crippen MR) is 52.7 cm³/mol. The van der Waals surface area contributed by atoms with E-state index in [0.29, 0.717) is 5.92 Å². The molecule has 1 atom stereocenters. The summed E-state index contributed by atoms with van der Waals surface area (Å²) in [5.41, 5.74) is 0. The monoisotopic (exact) mass is 204 g/mol. The fourth-order valence-corrected chi connectivity index (χ4v) is 2.51. The Morgan fingerprint density at radius 3 is 2.85 bits per heavy atom. The van der Waals surface area contributed by atoms with E-state index in [2.05, 4.69) is 0 Å². The van der Waals surface area contributed by atoms with Gasteiger partial charge < -0.3 is 9.84 Å². The summed E-state index contributed by atoms with van der Waals surface area (Å²) in [5.74, 6) is 1.26. The second-order valence-electron chi connectivity index (χ2n) is 3.23. The van der Waals surface area contributed by atoms with Crippen molar-refractivity contribution in [1.82, 2.24) is 0 Å². The Morgan fingerprint density at radius 2 is 2.38 bits per heavy atom. The first kappa shape index (κ1) is 10.9. The highest BCUT2D eigenvalue weighted by molar-refractivity contribution is 8.00. The molecule has 1 N–H and O–H groups in total. The van der Waals surface area contributed by atoms with Crippen molar-refractivity contribution in [2.75, 3.05) is 19.5 Å². The lowest BCUT2D eigenvalue weighted by Crippen LogP contribution is -2.21. The Morgan fingerprint density at radius 1 is 1.69 bits per heavy atom. The fraction of sp³-hybridized carbons (Fsp3) is 0.889. The molecule has 1 saturated carbocycles. The largest absolute Gasteiger partial charge is 0.468 e. The van der Waals surface area contributed by atoms with E-state index in [9.17, 15) is 4.79 Å². The number of hydrogen-bond donors (Lipinski definition) is 1. The average molecular weight is 204 g/mol. The summed E-state index contributed by atoms with van der Waals surface area (Å²) < 4.78 is 4.72. The topological polar surface area (TPSA) is 46.5 Å². The Hall–Kier alpha value is -0.220. The zero-order chi connectivity index (χ0) is 9.68. The smallest absolute Gasteiger partial charge is 0.319 e. The SMILES string of the molecule is COC(=O)C(SCCCO)C1CC1. The molecule has 1 unspecified atom stereocenters. The quantitative estimate of drug-likeness (QED) is 0.519. The highest BCUT2D eigenvalue weighted by atomic mass is 32.2. The molecule has 0 aromatic heterocycles. The molecule has 1 rings (SSSR count). The number of ether oxygens (including phenoxy) is 1. The normalized spacial score (nSPS) is 18.3. The van der Waals surface area contributed by atoms with Gasteiger partial charge in [-0.1, -0.05) is 0 Å². The molecule has 4 heteroatoms. The first-order valence-electron chi connectivity index (χ1n) is 4.60. The number of hydrogen-bond acceptors (Lipinski definition) is 4. The van der Waals surface area contributed by atoms with Gasteiger partial charge in [-0.25, -0.2) is 0 Å². The number of esters is 1. The van der Waals surface area contributed by atoms with Crippen molar-refractivity contribution in [2.24, 2.45) is 5.92 Å². The van der Waals surface area contributed by atoms with Crippen LogP contribution in [0.4, 0.5) is 0 Å². The van der Waals surface area contributed by atoms with Crippen molar-refractivity contribution in [3.8, 4) is 0 Å². The average Bonchev–Trinajstić information content (AvgIpc) is 2.95. The molecule has 1 aliphatic carbocycles. The van der Waals surface area contributed by atoms with Gasteiger partial charge in [0, 0.05) is 6.61 Å². The minimum absolute atomic E-state index is 0.0107. The number of rotatable bonds is 6. The van der Waals surface area contributed by atoms with Crippen LogP contribution in [0.5, 0.6) is 0 Å². The summed E-state index contributed by atoms with van der Waals surface area (Å²) in [6.45, 7) is 0.200. The molecule has 0 heterocycles. The van der Waals surface area contributed by atoms with Gasteiger partial charge in [0.2, 0.25) is 0 Å². The van der Waals surface area contributed by atoms with Crippen LogP contribution in [-0.4, -0.2) is 35.8 Å². The minimum atomic E-state index is -0.106. The standard InChI is InChI=1S/C9H16O3S/c1-12-9(11)8(7-3-4-7)13-6-2-5-10/h7-8,10H,2-6H2,1H3. The Bertz CT molecular complexity index is 168. The molecule has 0 aliphatic heterocycles. The van der Waals surface area contributed by atoms with Gasteiger partial charge in [0.05, 0.1) is 7.11 Å². The lowest BCUT2D eigenvalue weighted by Gasteiger charge is -2.12. The van der Waals surface area contributed by atoms with Gasteiger partial charge in [-0.2, -0.15) is 0 Å². The highest BCUT2D eigenvalue weighted by Crippen LogP contribution is 2.39. The molecule has 0 amide bonds. The van der Waals surface area contributed by atoms with Crippen LogP contribution in [0.25, 0.3) is 0 Å². The Labute approximate surface area is 82.8 Å². The number of thioether (sulfide) groups is 1. The third-order valence-corrected chi connectivity index (χ3v) is 3.54. The van der Waals surface area contributed by atoms with Crippen molar-refractivity contribution in [2.45, 2.75) is 24.5 Å². The van der Waals surface area contributed by atoms with Crippen molar-refractivity contribution in [1.29, 1.82) is 0 Å². The van der Waals surface area contributed by atoms with Crippen LogP contribution in [-0.2, 0) is 9.53 Å². The van der Waals surface area contributed by atoms with Crippen LogP contribution < -0.4 is 0 Å². The molecule has 1 fully saturated rings. The lowest BCUT2D eigenvalue weighted by atomic mass is 10.3. The van der Waals surface area contributed by atoms with Crippen LogP contribution in [0.3, 0.4) is 0 Å². The Balaban J connectivity index is 2.25. The predicted octanol–water partition coefficient (Wildman–Crippen LogP) is 1.05. The van der Waals surface area contributed by atoms with Crippen molar-refractivity contribution >= 4 is 17.7 Å². The number of carbonyl (C=O) groups is 1. The third kappa shape index (κ3) is 3.56. The summed E-state index contributed by atoms with van der Waals surface area (Å²) in [6, 6.07) is 0. The van der Waals surface area contributed by atoms with Crippen LogP contribution in [0.1, 0.15) is 19.3 Å². The van der Waals surface area contributed by atoms with Crippen molar-refractivity contribution < 1.29 is 14.6 Å². The van der Waals surface area contributed by atoms with E-state index in [1.165, 1.54) is 7.11 Å². The van der Waals surface area contributed by atoms with E-state index in [-0.39, 0.29) is 17.8 Å². The zero-order valence-corrected chi connectivity index (χ0v) is 8.68. The highest BCUT2D eigenvalue weighted by Gasteiger charge is 2.36. The molecule has 0 bridgehead atoms. The molecule has 13 heavy (non-hydrogen) atoms. The summed E-state index contributed by atoms with van der Waals surface area (Å²) >= 11 is 1.61. The van der Waals surface area contributed by atoms with Gasteiger partial charge in [0.15, 0.2) is 0 Å². The second kappa shape index (κ2) is 5.50. The summed E-state index contributed by atoms with van der Waals surface area (Å²) in [6.07, 6.45) is 3.04. The zero-order valence-electron chi connectivity index (χ0n) is 7.86. The third-order valence-electron chi connectivity index (χ3n) is 2.08. The van der Waals surface area contributed by atoms with Crippen molar-refractivity contribution in [3.63, 3.8) is 0 Å². The first-order chi connectivity index (χ1) is 6.29. The molecule has 0 spiro atoms. The van der Waals surface area contributed by atoms with Gasteiger partial charge >= 0.3 is 5.97 Å². The molecule has 3 nitrogen and oxygen atoms in total. The molecule has 76 valence electrons. The summed E-state index contributed by atoms with van der Waals surface area (Å²) in [5, 5.41) is 8.61. The number of aliphatic hydroxyl groups is 1. The van der Waals surface area contributed by atoms with Crippen LogP contribution >= 0.6 is 11.8 Å². The molecule has 0 saturated heterocycles. The molecular weight excluding hydrogens is 188 g/mol. The van der Waals surface area contributed by atoms with E-state index in [1.807, 2.05) is 0 Å². The maximum atomic E-state index is 11.3. The maximum absolute atomic E-state index is 11.3. The van der Waals surface area contributed by atoms with Crippen LogP contribution in [0, 0.1) is 5.92 Å². The van der Waals surface area contributed by atoms with E-state index in [1.54, 1.807) is 11.8 Å². The first-order valence-corrected chi connectivity index (χ1v) is 5.64. The fourth-order valence-electron chi connectivity index (χ4n) is 1.19. The van der Waals surface area contributed by atoms with E-state index < -0.39 is 0 Å². The van der Waals surface area contributed by atoms with Gasteiger partial charge in [-0.15, -0.1) is 11.8 Å². The molecule has 0 aromatic rings. The van der Waals surface area contributed by atoms with Gasteiger partial charge in [0.1, 0.15) is 5.25 Å². The maximum Gasteiger partial charge on any atom is 0.319 e. The second-order valence-corrected chi connectivity index (χ2v) is 4.48. The van der Waals surface area contributed by atoms with Gasteiger partial charge in [-0.05, 0) is 30.9 Å². The van der Waals surface area contributed by atoms with E-state index >= 15 is 0 Å². The molecule has 1 aliphatic rings. The van der Waals surface area contributed by atoms with Gasteiger partial charge in [0.25, 0.3) is 0 Å². The number of aliphatic hydroxyl groups excluding tert-OH is 1. The van der Waals surface area contributed by atoms with E-state index in [4.69, 9.17) is 9.84 Å². The summed E-state index contributed by atoms with van der Waals surface area (Å²) in [4.78, 5) is 11.3. The minimum Gasteiger partial charge on any atom is -0.468 e. The van der Waals surface area contributed by atoms with Crippen molar-refractivity contribution in [3.05, 3.63) is 0 Å². The Kier molecular flexibility index (Phi) is 4.59. The molecular formula is C9H16O3S. The molecule has 0 radical (unpaired) electrons.